The molecule has 2 rings (SSSR count). The average molecular weight is 315 g/mol. The van der Waals surface area contributed by atoms with Crippen LogP contribution in [0.25, 0.3) is 0 Å². The molecule has 124 valence electrons. The Balaban J connectivity index is 2.18. The van der Waals surface area contributed by atoms with E-state index in [1.54, 1.807) is 14.2 Å². The maximum atomic E-state index is 6.39. The molecule has 2 aromatic carbocycles. The molecule has 1 atom stereocenters. The third-order valence-electron chi connectivity index (χ3n) is 3.60. The third-order valence-corrected chi connectivity index (χ3v) is 3.60. The molecule has 0 amide bonds. The molecule has 0 heterocycles. The van der Waals surface area contributed by atoms with E-state index in [0.29, 0.717) is 12.5 Å². The maximum absolute atomic E-state index is 6.39. The minimum Gasteiger partial charge on any atom is -0.497 e. The van der Waals surface area contributed by atoms with Crippen molar-refractivity contribution in [3.05, 3.63) is 53.6 Å². The fraction of sp³-hybridized carbons (Fsp3) is 0.368. The van der Waals surface area contributed by atoms with E-state index >= 15 is 0 Å². The predicted octanol–water partition coefficient (Wildman–Crippen LogP) is 3.79. The third kappa shape index (κ3) is 4.39. The minimum absolute atomic E-state index is 0.269. The Labute approximate surface area is 138 Å². The second-order valence-electron chi connectivity index (χ2n) is 5.86. The summed E-state index contributed by atoms with van der Waals surface area (Å²) in [5, 5.41) is 0. The molecular weight excluding hydrogens is 290 g/mol. The quantitative estimate of drug-likeness (QED) is 0.844. The topological polar surface area (TPSA) is 53.7 Å². The Morgan fingerprint density at radius 3 is 2.13 bits per heavy atom. The Morgan fingerprint density at radius 2 is 1.57 bits per heavy atom. The summed E-state index contributed by atoms with van der Waals surface area (Å²) in [6, 6.07) is 13.3. The molecule has 0 bridgehead atoms. The summed E-state index contributed by atoms with van der Waals surface area (Å²) in [7, 11) is 3.26. The molecule has 2 N–H and O–H groups in total. The zero-order valence-corrected chi connectivity index (χ0v) is 14.2. The summed E-state index contributed by atoms with van der Waals surface area (Å²) < 4.78 is 16.4. The van der Waals surface area contributed by atoms with Crippen LogP contribution in [-0.4, -0.2) is 20.8 Å². The first-order valence-corrected chi connectivity index (χ1v) is 7.75. The van der Waals surface area contributed by atoms with E-state index in [1.807, 2.05) is 42.5 Å². The molecule has 0 aromatic heterocycles. The van der Waals surface area contributed by atoms with E-state index in [9.17, 15) is 0 Å². The van der Waals surface area contributed by atoms with Gasteiger partial charge in [0.2, 0.25) is 0 Å². The Kier molecular flexibility index (Phi) is 5.88. The number of rotatable bonds is 7. The molecule has 23 heavy (non-hydrogen) atoms. The van der Waals surface area contributed by atoms with Gasteiger partial charge in [-0.1, -0.05) is 26.0 Å². The van der Waals surface area contributed by atoms with Gasteiger partial charge in [-0.2, -0.15) is 0 Å². The van der Waals surface area contributed by atoms with Crippen molar-refractivity contribution in [1.29, 1.82) is 0 Å². The van der Waals surface area contributed by atoms with Crippen LogP contribution < -0.4 is 19.9 Å². The van der Waals surface area contributed by atoms with Crippen molar-refractivity contribution in [3.8, 4) is 17.2 Å². The van der Waals surface area contributed by atoms with Crippen LogP contribution in [0.5, 0.6) is 17.2 Å². The second kappa shape index (κ2) is 7.88. The van der Waals surface area contributed by atoms with E-state index < -0.39 is 0 Å². The van der Waals surface area contributed by atoms with E-state index in [1.165, 1.54) is 0 Å². The molecule has 1 unspecified atom stereocenters. The highest BCUT2D eigenvalue weighted by molar-refractivity contribution is 5.46. The lowest BCUT2D eigenvalue weighted by Crippen LogP contribution is -2.13. The normalized spacial score (nSPS) is 12.1. The highest BCUT2D eigenvalue weighted by Crippen LogP contribution is 2.32. The van der Waals surface area contributed by atoms with Crippen molar-refractivity contribution in [2.45, 2.75) is 19.9 Å². The molecule has 4 nitrogen and oxygen atoms in total. The van der Waals surface area contributed by atoms with E-state index in [-0.39, 0.29) is 6.04 Å². The minimum atomic E-state index is -0.269. The molecular formula is C19H25NO3. The average Bonchev–Trinajstić information content (AvgIpc) is 2.59. The Morgan fingerprint density at radius 1 is 0.913 bits per heavy atom. The lowest BCUT2D eigenvalue weighted by Gasteiger charge is -2.17. The monoisotopic (exact) mass is 315 g/mol. The van der Waals surface area contributed by atoms with Crippen LogP contribution in [0.2, 0.25) is 0 Å². The van der Waals surface area contributed by atoms with Gasteiger partial charge in [0.15, 0.2) is 0 Å². The first-order chi connectivity index (χ1) is 11.0. The van der Waals surface area contributed by atoms with Crippen LogP contribution >= 0.6 is 0 Å². The molecule has 0 spiro atoms. The van der Waals surface area contributed by atoms with Gasteiger partial charge < -0.3 is 19.9 Å². The van der Waals surface area contributed by atoms with Crippen molar-refractivity contribution in [2.24, 2.45) is 11.7 Å². The number of hydrogen-bond donors (Lipinski definition) is 1. The predicted molar refractivity (Wildman–Crippen MR) is 92.4 cm³/mol. The van der Waals surface area contributed by atoms with Crippen molar-refractivity contribution in [2.75, 3.05) is 20.8 Å². The molecule has 0 aliphatic rings. The van der Waals surface area contributed by atoms with Crippen LogP contribution in [-0.2, 0) is 0 Å². The Bertz CT molecular complexity index is 623. The SMILES string of the molecule is COc1ccc(C(N)c2ccc(OCC(C)C)cc2)c(OC)c1. The summed E-state index contributed by atoms with van der Waals surface area (Å²) in [6.45, 7) is 4.96. The van der Waals surface area contributed by atoms with Crippen LogP contribution in [0.1, 0.15) is 31.0 Å². The highest BCUT2D eigenvalue weighted by Gasteiger charge is 2.15. The fourth-order valence-corrected chi connectivity index (χ4v) is 2.29. The number of benzene rings is 2. The molecule has 0 aliphatic carbocycles. The van der Waals surface area contributed by atoms with Crippen molar-refractivity contribution < 1.29 is 14.2 Å². The van der Waals surface area contributed by atoms with Crippen molar-refractivity contribution in [1.82, 2.24) is 0 Å². The van der Waals surface area contributed by atoms with E-state index in [2.05, 4.69) is 13.8 Å². The lowest BCUT2D eigenvalue weighted by molar-refractivity contribution is 0.271. The van der Waals surface area contributed by atoms with E-state index in [0.717, 1.165) is 28.4 Å². The second-order valence-corrected chi connectivity index (χ2v) is 5.86. The smallest absolute Gasteiger partial charge is 0.127 e. The molecule has 0 fully saturated rings. The zero-order chi connectivity index (χ0) is 16.8. The van der Waals surface area contributed by atoms with Crippen LogP contribution in [0.3, 0.4) is 0 Å². The highest BCUT2D eigenvalue weighted by atomic mass is 16.5. The summed E-state index contributed by atoms with van der Waals surface area (Å²) in [4.78, 5) is 0. The summed E-state index contributed by atoms with van der Waals surface area (Å²) in [5.41, 5.74) is 8.32. The summed E-state index contributed by atoms with van der Waals surface area (Å²) in [6.07, 6.45) is 0. The first kappa shape index (κ1) is 17.2. The van der Waals surface area contributed by atoms with Gasteiger partial charge in [0.25, 0.3) is 0 Å². The van der Waals surface area contributed by atoms with Gasteiger partial charge in [0, 0.05) is 11.6 Å². The number of hydrogen-bond acceptors (Lipinski definition) is 4. The first-order valence-electron chi connectivity index (χ1n) is 7.75. The van der Waals surface area contributed by atoms with E-state index in [4.69, 9.17) is 19.9 Å². The molecule has 4 heteroatoms. The van der Waals surface area contributed by atoms with Gasteiger partial charge in [-0.25, -0.2) is 0 Å². The summed E-state index contributed by atoms with van der Waals surface area (Å²) in [5.74, 6) is 2.82. The number of nitrogens with two attached hydrogens (primary N) is 1. The largest absolute Gasteiger partial charge is 0.497 e. The van der Waals surface area contributed by atoms with Gasteiger partial charge >= 0.3 is 0 Å². The van der Waals surface area contributed by atoms with Gasteiger partial charge in [-0.15, -0.1) is 0 Å². The van der Waals surface area contributed by atoms with Gasteiger partial charge in [-0.3, -0.25) is 0 Å². The van der Waals surface area contributed by atoms with Gasteiger partial charge in [0.05, 0.1) is 26.9 Å². The molecule has 0 saturated heterocycles. The maximum Gasteiger partial charge on any atom is 0.127 e. The number of ether oxygens (including phenoxy) is 3. The van der Waals surface area contributed by atoms with Crippen LogP contribution in [0.4, 0.5) is 0 Å². The lowest BCUT2D eigenvalue weighted by atomic mass is 9.98. The standard InChI is InChI=1S/C19H25NO3/c1-13(2)12-23-15-7-5-14(6-8-15)19(20)17-10-9-16(21-3)11-18(17)22-4/h5-11,13,19H,12,20H2,1-4H3. The van der Waals surface area contributed by atoms with Crippen molar-refractivity contribution in [3.63, 3.8) is 0 Å². The molecule has 2 aromatic rings. The van der Waals surface area contributed by atoms with Crippen LogP contribution in [0.15, 0.2) is 42.5 Å². The van der Waals surface area contributed by atoms with Crippen LogP contribution in [0, 0.1) is 5.92 Å². The van der Waals surface area contributed by atoms with Gasteiger partial charge in [-0.05, 0) is 35.7 Å². The molecule has 0 aliphatic heterocycles. The zero-order valence-electron chi connectivity index (χ0n) is 14.2. The molecule has 0 saturated carbocycles. The summed E-state index contributed by atoms with van der Waals surface area (Å²) >= 11 is 0. The number of methoxy groups -OCH3 is 2. The fourth-order valence-electron chi connectivity index (χ4n) is 2.29. The molecule has 0 radical (unpaired) electrons. The Hall–Kier alpha value is -2.20. The van der Waals surface area contributed by atoms with Gasteiger partial charge in [0.1, 0.15) is 17.2 Å². The van der Waals surface area contributed by atoms with Crippen molar-refractivity contribution >= 4 is 0 Å².